The summed E-state index contributed by atoms with van der Waals surface area (Å²) in [5.74, 6) is -1.29. The van der Waals surface area contributed by atoms with Gasteiger partial charge in [-0.3, -0.25) is 10.1 Å². The Hall–Kier alpha value is -0.274. The number of aromatic carboxylic acids is 1. The van der Waals surface area contributed by atoms with Gasteiger partial charge >= 0.3 is 5.97 Å². The Labute approximate surface area is 116 Å². The number of hydrogen-bond donors (Lipinski definition) is 1. The molecule has 0 aliphatic carbocycles. The van der Waals surface area contributed by atoms with Gasteiger partial charge in [0.1, 0.15) is 5.56 Å². The van der Waals surface area contributed by atoms with Crippen molar-refractivity contribution in [2.75, 3.05) is 0 Å². The van der Waals surface area contributed by atoms with Crippen LogP contribution in [0.3, 0.4) is 0 Å². The summed E-state index contributed by atoms with van der Waals surface area (Å²) in [6.45, 7) is 0. The van der Waals surface area contributed by atoms with Crippen LogP contribution >= 0.6 is 0 Å². The van der Waals surface area contributed by atoms with E-state index in [0.29, 0.717) is 0 Å². The number of nitrogens with zero attached hydrogens (tertiary/aromatic N) is 1. The maximum atomic E-state index is 10.4. The predicted octanol–water partition coefficient (Wildman–Crippen LogP) is 0.912. The van der Waals surface area contributed by atoms with Crippen LogP contribution in [0.25, 0.3) is 0 Å². The van der Waals surface area contributed by atoms with E-state index in [4.69, 9.17) is 5.11 Å². The van der Waals surface area contributed by atoms with E-state index < -0.39 is 10.9 Å². The molecule has 1 radical (unpaired) electrons. The summed E-state index contributed by atoms with van der Waals surface area (Å²) in [7, 11) is 0. The van der Waals surface area contributed by atoms with E-state index in [-0.39, 0.29) is 62.6 Å². The van der Waals surface area contributed by atoms with Gasteiger partial charge in [0, 0.05) is 57.5 Å². The first-order valence-electron chi connectivity index (χ1n) is 3.09. The second-order valence-electron chi connectivity index (χ2n) is 2.08. The van der Waals surface area contributed by atoms with Gasteiger partial charge in [0.15, 0.2) is 0 Å². The normalized spacial score (nSPS) is 8.62. The van der Waals surface area contributed by atoms with Gasteiger partial charge in [-0.25, -0.2) is 4.79 Å². The average molecular weight is 206 g/mol. The first kappa shape index (κ1) is 12.7. The van der Waals surface area contributed by atoms with Gasteiger partial charge < -0.3 is 5.11 Å². The van der Waals surface area contributed by atoms with Gasteiger partial charge in [-0.05, 0) is 6.07 Å². The van der Waals surface area contributed by atoms with Gasteiger partial charge in [-0.1, -0.05) is 12.1 Å². The van der Waals surface area contributed by atoms with Crippen LogP contribution in [0.15, 0.2) is 24.3 Å². The number of benzene rings is 1. The standard InChI is InChI=1S/C7H5NO4.K/c9-7(10)5-3-1-2-4-6(5)8(11)12;/h1-4H,(H,9,10);. The summed E-state index contributed by atoms with van der Waals surface area (Å²) in [4.78, 5) is 20.0. The second kappa shape index (κ2) is 5.46. The summed E-state index contributed by atoms with van der Waals surface area (Å²) in [6, 6.07) is 5.21. The minimum atomic E-state index is -1.29. The van der Waals surface area contributed by atoms with Crippen molar-refractivity contribution in [3.8, 4) is 0 Å². The van der Waals surface area contributed by atoms with Gasteiger partial charge in [-0.2, -0.15) is 0 Å². The molecule has 13 heavy (non-hydrogen) atoms. The number of carboxylic acids is 1. The molecule has 0 bridgehead atoms. The molecule has 0 aliphatic heterocycles. The molecule has 0 fully saturated rings. The molecular weight excluding hydrogens is 201 g/mol. The number of rotatable bonds is 2. The molecule has 6 heteroatoms. The molecule has 0 saturated carbocycles. The van der Waals surface area contributed by atoms with Crippen LogP contribution in [0.2, 0.25) is 0 Å². The topological polar surface area (TPSA) is 80.4 Å². The van der Waals surface area contributed by atoms with Crippen LogP contribution in [0.4, 0.5) is 5.69 Å². The Kier molecular flexibility index (Phi) is 5.34. The molecule has 1 N–H and O–H groups in total. The van der Waals surface area contributed by atoms with Gasteiger partial charge in [0.2, 0.25) is 0 Å². The van der Waals surface area contributed by atoms with Crippen molar-refractivity contribution in [3.63, 3.8) is 0 Å². The summed E-state index contributed by atoms with van der Waals surface area (Å²) in [5.41, 5.74) is -0.674. The van der Waals surface area contributed by atoms with E-state index in [0.717, 1.165) is 6.07 Å². The SMILES string of the molecule is O=C(O)c1ccccc1[N+](=O)[O-].[K]. The molecular formula is C7H5KNO4. The Balaban J connectivity index is 0.00000144. The van der Waals surface area contributed by atoms with Crippen molar-refractivity contribution in [1.82, 2.24) is 0 Å². The van der Waals surface area contributed by atoms with Crippen LogP contribution in [0.5, 0.6) is 0 Å². The van der Waals surface area contributed by atoms with Crippen molar-refractivity contribution in [2.24, 2.45) is 0 Å². The fourth-order valence-electron chi connectivity index (χ4n) is 0.814. The predicted molar refractivity (Wildman–Crippen MR) is 45.8 cm³/mol. The number of nitro groups is 1. The Morgan fingerprint density at radius 2 is 1.92 bits per heavy atom. The molecule has 0 amide bonds. The molecule has 0 spiro atoms. The van der Waals surface area contributed by atoms with Crippen molar-refractivity contribution in [1.29, 1.82) is 0 Å². The van der Waals surface area contributed by atoms with E-state index >= 15 is 0 Å². The first-order chi connectivity index (χ1) is 5.63. The van der Waals surface area contributed by atoms with Gasteiger partial charge in [0.05, 0.1) is 4.92 Å². The number of para-hydroxylation sites is 1. The number of nitro benzene ring substituents is 1. The third-order valence-corrected chi connectivity index (χ3v) is 1.33. The second-order valence-corrected chi connectivity index (χ2v) is 2.08. The van der Waals surface area contributed by atoms with E-state index in [9.17, 15) is 14.9 Å². The third-order valence-electron chi connectivity index (χ3n) is 1.33. The minimum absolute atomic E-state index is 0. The largest absolute Gasteiger partial charge is 0.477 e. The van der Waals surface area contributed by atoms with Crippen LogP contribution < -0.4 is 0 Å². The zero-order valence-electron chi connectivity index (χ0n) is 6.93. The fraction of sp³-hybridized carbons (Fsp3) is 0. The Morgan fingerprint density at radius 3 is 2.31 bits per heavy atom. The molecule has 1 rings (SSSR count). The van der Waals surface area contributed by atoms with Crippen LogP contribution in [-0.2, 0) is 0 Å². The van der Waals surface area contributed by atoms with Crippen molar-refractivity contribution in [3.05, 3.63) is 39.9 Å². The fourth-order valence-corrected chi connectivity index (χ4v) is 0.814. The molecule has 0 unspecified atom stereocenters. The van der Waals surface area contributed by atoms with Crippen LogP contribution in [0, 0.1) is 10.1 Å². The summed E-state index contributed by atoms with van der Waals surface area (Å²) < 4.78 is 0. The zero-order chi connectivity index (χ0) is 9.14. The molecule has 0 aromatic heterocycles. The first-order valence-corrected chi connectivity index (χ1v) is 3.09. The molecule has 63 valence electrons. The Bertz CT molecular complexity index is 306. The molecule has 1 aromatic carbocycles. The van der Waals surface area contributed by atoms with E-state index in [1.165, 1.54) is 18.2 Å². The minimum Gasteiger partial charge on any atom is -0.477 e. The quantitative estimate of drug-likeness (QED) is 0.443. The smallest absolute Gasteiger partial charge is 0.342 e. The van der Waals surface area contributed by atoms with Crippen molar-refractivity contribution in [2.45, 2.75) is 0 Å². The van der Waals surface area contributed by atoms with Gasteiger partial charge in [0.25, 0.3) is 5.69 Å². The molecule has 0 heterocycles. The van der Waals surface area contributed by atoms with Crippen molar-refractivity contribution < 1.29 is 14.8 Å². The molecule has 0 aliphatic rings. The van der Waals surface area contributed by atoms with Crippen LogP contribution in [-0.4, -0.2) is 67.4 Å². The third kappa shape index (κ3) is 3.16. The van der Waals surface area contributed by atoms with E-state index in [1.807, 2.05) is 0 Å². The number of carboxylic acid groups (broad SMARTS) is 1. The maximum Gasteiger partial charge on any atom is 0.342 e. The molecule has 0 saturated heterocycles. The Morgan fingerprint density at radius 1 is 1.38 bits per heavy atom. The monoisotopic (exact) mass is 206 g/mol. The summed E-state index contributed by atoms with van der Waals surface area (Å²) in [6.07, 6.45) is 0. The zero-order valence-corrected chi connectivity index (χ0v) is 10.1. The number of hydrogen-bond acceptors (Lipinski definition) is 3. The average Bonchev–Trinajstić information content (AvgIpc) is 2.04. The molecule has 0 atom stereocenters. The molecule has 1 aromatic rings. The van der Waals surface area contributed by atoms with Gasteiger partial charge in [-0.15, -0.1) is 0 Å². The summed E-state index contributed by atoms with van der Waals surface area (Å²) in [5, 5.41) is 18.8. The van der Waals surface area contributed by atoms with Crippen molar-refractivity contribution >= 4 is 63.0 Å². The van der Waals surface area contributed by atoms with E-state index in [1.54, 1.807) is 0 Å². The number of carbonyl (C=O) groups is 1. The molecule has 5 nitrogen and oxygen atoms in total. The van der Waals surface area contributed by atoms with E-state index in [2.05, 4.69) is 0 Å². The van der Waals surface area contributed by atoms with Crippen LogP contribution in [0.1, 0.15) is 10.4 Å². The maximum absolute atomic E-state index is 10.4. The summed E-state index contributed by atoms with van der Waals surface area (Å²) >= 11 is 0.